The van der Waals surface area contributed by atoms with Crippen molar-refractivity contribution in [3.05, 3.63) is 78.1 Å². The number of urea groups is 1. The highest BCUT2D eigenvalue weighted by Gasteiger charge is 2.12. The SMILES string of the molecule is CCOC(=O)c1ccn(-c2cccc(NC(=O)CCNC(=O)N(C)Cc3ccccc3)c2)n1. The molecular weight excluding hydrogens is 422 g/mol. The maximum Gasteiger partial charge on any atom is 0.358 e. The van der Waals surface area contributed by atoms with Gasteiger partial charge in [-0.05, 0) is 36.8 Å². The number of aromatic nitrogens is 2. The number of rotatable bonds is 9. The predicted octanol–water partition coefficient (Wildman–Crippen LogP) is 3.22. The Hall–Kier alpha value is -4.14. The van der Waals surface area contributed by atoms with Gasteiger partial charge in [0.05, 0.1) is 12.3 Å². The van der Waals surface area contributed by atoms with Gasteiger partial charge < -0.3 is 20.3 Å². The van der Waals surface area contributed by atoms with Gasteiger partial charge >= 0.3 is 12.0 Å². The summed E-state index contributed by atoms with van der Waals surface area (Å²) in [6, 6.07) is 18.1. The number of nitrogens with zero attached hydrogens (tertiary/aromatic N) is 3. The highest BCUT2D eigenvalue weighted by molar-refractivity contribution is 5.91. The fraction of sp³-hybridized carbons (Fsp3) is 0.250. The molecule has 2 N–H and O–H groups in total. The monoisotopic (exact) mass is 449 g/mol. The standard InChI is InChI=1S/C24H27N5O4/c1-3-33-23(31)21-13-15-29(27-21)20-11-7-10-19(16-20)26-22(30)12-14-25-24(32)28(2)17-18-8-5-4-6-9-18/h4-11,13,15-16H,3,12,14,17H2,1-2H3,(H,25,32)(H,26,30). The smallest absolute Gasteiger partial charge is 0.358 e. The van der Waals surface area contributed by atoms with E-state index in [1.807, 2.05) is 30.3 Å². The number of amides is 3. The van der Waals surface area contributed by atoms with Crippen molar-refractivity contribution in [2.75, 3.05) is 25.5 Å². The minimum Gasteiger partial charge on any atom is -0.461 e. The molecule has 0 saturated carbocycles. The van der Waals surface area contributed by atoms with Crippen LogP contribution in [0.15, 0.2) is 66.9 Å². The molecule has 0 aliphatic rings. The average molecular weight is 450 g/mol. The van der Waals surface area contributed by atoms with Gasteiger partial charge in [0.25, 0.3) is 0 Å². The molecule has 0 unspecified atom stereocenters. The molecule has 0 bridgehead atoms. The van der Waals surface area contributed by atoms with E-state index in [0.717, 1.165) is 5.56 Å². The predicted molar refractivity (Wildman–Crippen MR) is 124 cm³/mol. The summed E-state index contributed by atoms with van der Waals surface area (Å²) in [6.07, 6.45) is 1.78. The van der Waals surface area contributed by atoms with Gasteiger partial charge in [-0.25, -0.2) is 14.3 Å². The van der Waals surface area contributed by atoms with Gasteiger partial charge in [0.2, 0.25) is 5.91 Å². The van der Waals surface area contributed by atoms with Crippen LogP contribution in [0.2, 0.25) is 0 Å². The molecule has 3 amide bonds. The van der Waals surface area contributed by atoms with Gasteiger partial charge in [0.15, 0.2) is 5.69 Å². The van der Waals surface area contributed by atoms with E-state index in [1.54, 1.807) is 55.4 Å². The van der Waals surface area contributed by atoms with E-state index in [-0.39, 0.29) is 37.2 Å². The largest absolute Gasteiger partial charge is 0.461 e. The first kappa shape index (κ1) is 23.5. The van der Waals surface area contributed by atoms with E-state index in [0.29, 0.717) is 17.9 Å². The first-order valence-electron chi connectivity index (χ1n) is 10.6. The van der Waals surface area contributed by atoms with Crippen LogP contribution >= 0.6 is 0 Å². The van der Waals surface area contributed by atoms with Crippen molar-refractivity contribution in [1.82, 2.24) is 20.0 Å². The first-order valence-corrected chi connectivity index (χ1v) is 10.6. The number of carbonyl (C=O) groups is 3. The molecule has 0 spiro atoms. The number of nitrogens with one attached hydrogen (secondary N) is 2. The van der Waals surface area contributed by atoms with Crippen molar-refractivity contribution in [2.45, 2.75) is 19.9 Å². The van der Waals surface area contributed by atoms with Crippen LogP contribution in [0.1, 0.15) is 29.4 Å². The maximum atomic E-state index is 12.3. The third kappa shape index (κ3) is 6.93. The number of benzene rings is 2. The summed E-state index contributed by atoms with van der Waals surface area (Å²) in [7, 11) is 1.70. The molecule has 0 atom stereocenters. The zero-order valence-corrected chi connectivity index (χ0v) is 18.7. The van der Waals surface area contributed by atoms with Gasteiger partial charge in [-0.2, -0.15) is 5.10 Å². The van der Waals surface area contributed by atoms with Crippen molar-refractivity contribution < 1.29 is 19.1 Å². The molecule has 172 valence electrons. The van der Waals surface area contributed by atoms with E-state index in [4.69, 9.17) is 4.74 Å². The summed E-state index contributed by atoms with van der Waals surface area (Å²) in [5.74, 6) is -0.719. The molecule has 9 nitrogen and oxygen atoms in total. The lowest BCUT2D eigenvalue weighted by Gasteiger charge is -2.18. The highest BCUT2D eigenvalue weighted by atomic mass is 16.5. The normalized spacial score (nSPS) is 10.4. The van der Waals surface area contributed by atoms with Crippen molar-refractivity contribution in [3.8, 4) is 5.69 Å². The minimum absolute atomic E-state index is 0.129. The summed E-state index contributed by atoms with van der Waals surface area (Å²) in [6.45, 7) is 2.70. The zero-order chi connectivity index (χ0) is 23.6. The van der Waals surface area contributed by atoms with Crippen LogP contribution in [-0.4, -0.2) is 52.8 Å². The molecule has 1 aromatic heterocycles. The third-order valence-corrected chi connectivity index (χ3v) is 4.71. The summed E-state index contributed by atoms with van der Waals surface area (Å²) >= 11 is 0. The fourth-order valence-corrected chi connectivity index (χ4v) is 3.08. The molecule has 33 heavy (non-hydrogen) atoms. The van der Waals surface area contributed by atoms with Gasteiger partial charge in [0.1, 0.15) is 0 Å². The summed E-state index contributed by atoms with van der Waals surface area (Å²) in [5, 5.41) is 9.77. The van der Waals surface area contributed by atoms with Crippen molar-refractivity contribution in [3.63, 3.8) is 0 Å². The van der Waals surface area contributed by atoms with Gasteiger partial charge in [-0.15, -0.1) is 0 Å². The molecule has 2 aromatic carbocycles. The van der Waals surface area contributed by atoms with Crippen LogP contribution in [0.25, 0.3) is 5.69 Å². The minimum atomic E-state index is -0.489. The lowest BCUT2D eigenvalue weighted by molar-refractivity contribution is -0.116. The second-order valence-corrected chi connectivity index (χ2v) is 7.29. The molecule has 3 aromatic rings. The Balaban J connectivity index is 1.48. The Bertz CT molecular complexity index is 1100. The second-order valence-electron chi connectivity index (χ2n) is 7.29. The number of anilines is 1. The molecule has 0 radical (unpaired) electrons. The Kier molecular flexibility index (Phi) is 8.18. The van der Waals surface area contributed by atoms with Crippen molar-refractivity contribution in [1.29, 1.82) is 0 Å². The van der Waals surface area contributed by atoms with Crippen molar-refractivity contribution >= 4 is 23.6 Å². The molecule has 3 rings (SSSR count). The zero-order valence-electron chi connectivity index (χ0n) is 18.7. The van der Waals surface area contributed by atoms with E-state index >= 15 is 0 Å². The quantitative estimate of drug-likeness (QED) is 0.488. The van der Waals surface area contributed by atoms with Crippen LogP contribution in [0.5, 0.6) is 0 Å². The topological polar surface area (TPSA) is 106 Å². The number of esters is 1. The van der Waals surface area contributed by atoms with E-state index < -0.39 is 5.97 Å². The van der Waals surface area contributed by atoms with Crippen LogP contribution in [-0.2, 0) is 16.1 Å². The third-order valence-electron chi connectivity index (χ3n) is 4.71. The summed E-state index contributed by atoms with van der Waals surface area (Å²) in [5.41, 5.74) is 2.50. The van der Waals surface area contributed by atoms with Gasteiger partial charge in [0, 0.05) is 38.4 Å². The Labute approximate surface area is 192 Å². The molecule has 0 saturated heterocycles. The molecule has 9 heteroatoms. The number of ether oxygens (including phenoxy) is 1. The summed E-state index contributed by atoms with van der Waals surface area (Å²) < 4.78 is 6.48. The van der Waals surface area contributed by atoms with Crippen molar-refractivity contribution in [2.24, 2.45) is 0 Å². The fourth-order valence-electron chi connectivity index (χ4n) is 3.08. The Morgan fingerprint density at radius 3 is 2.61 bits per heavy atom. The van der Waals surface area contributed by atoms with E-state index in [9.17, 15) is 14.4 Å². The lowest BCUT2D eigenvalue weighted by atomic mass is 10.2. The summed E-state index contributed by atoms with van der Waals surface area (Å²) in [4.78, 5) is 37.9. The van der Waals surface area contributed by atoms with Crippen LogP contribution in [0.3, 0.4) is 0 Å². The van der Waals surface area contributed by atoms with Crippen LogP contribution < -0.4 is 10.6 Å². The molecule has 0 aliphatic heterocycles. The van der Waals surface area contributed by atoms with E-state index in [2.05, 4.69) is 15.7 Å². The van der Waals surface area contributed by atoms with Crippen LogP contribution in [0, 0.1) is 0 Å². The first-order chi connectivity index (χ1) is 16.0. The molecule has 0 fully saturated rings. The lowest BCUT2D eigenvalue weighted by Crippen LogP contribution is -2.38. The molecule has 0 aliphatic carbocycles. The van der Waals surface area contributed by atoms with Gasteiger partial charge in [-0.3, -0.25) is 4.79 Å². The van der Waals surface area contributed by atoms with Gasteiger partial charge in [-0.1, -0.05) is 36.4 Å². The number of hydrogen-bond donors (Lipinski definition) is 2. The number of hydrogen-bond acceptors (Lipinski definition) is 5. The average Bonchev–Trinajstić information content (AvgIpc) is 3.30. The number of carbonyl (C=O) groups excluding carboxylic acids is 3. The molecular formula is C24H27N5O4. The maximum absolute atomic E-state index is 12.3. The Morgan fingerprint density at radius 1 is 1.06 bits per heavy atom. The highest BCUT2D eigenvalue weighted by Crippen LogP contribution is 2.15. The molecule has 1 heterocycles. The van der Waals surface area contributed by atoms with E-state index in [1.165, 1.54) is 4.68 Å². The van der Waals surface area contributed by atoms with Crippen LogP contribution in [0.4, 0.5) is 10.5 Å². The Morgan fingerprint density at radius 2 is 1.85 bits per heavy atom. The second kappa shape index (κ2) is 11.5.